The van der Waals surface area contributed by atoms with Crippen molar-refractivity contribution in [3.8, 4) is 11.5 Å². The lowest BCUT2D eigenvalue weighted by Gasteiger charge is -2.08. The number of ether oxygens (including phenoxy) is 1. The van der Waals surface area contributed by atoms with E-state index in [0.29, 0.717) is 18.7 Å². The molecule has 3 aromatic rings. The van der Waals surface area contributed by atoms with Gasteiger partial charge in [-0.1, -0.05) is 24.3 Å². The zero-order valence-electron chi connectivity index (χ0n) is 11.4. The number of pyridine rings is 1. The van der Waals surface area contributed by atoms with Crippen molar-refractivity contribution in [1.29, 1.82) is 0 Å². The van der Waals surface area contributed by atoms with Crippen LogP contribution in [0, 0.1) is 5.82 Å². The summed E-state index contributed by atoms with van der Waals surface area (Å²) in [6, 6.07) is 14.4. The maximum atomic E-state index is 14.0. The van der Waals surface area contributed by atoms with E-state index in [1.807, 2.05) is 36.4 Å². The molecule has 0 saturated heterocycles. The van der Waals surface area contributed by atoms with Crippen LogP contribution in [-0.4, -0.2) is 11.5 Å². The van der Waals surface area contributed by atoms with Crippen molar-refractivity contribution in [3.05, 3.63) is 66.1 Å². The van der Waals surface area contributed by atoms with Crippen LogP contribution in [0.4, 0.5) is 4.39 Å². The molecular formula is C17H15FN2O. The summed E-state index contributed by atoms with van der Waals surface area (Å²) in [5, 5.41) is 0.954. The van der Waals surface area contributed by atoms with Gasteiger partial charge in [-0.3, -0.25) is 4.98 Å². The summed E-state index contributed by atoms with van der Waals surface area (Å²) in [5.74, 6) is 0.307. The SMILES string of the molecule is NCCc1ccc(Oc2cnc3ccccc3c2)c(F)c1. The van der Waals surface area contributed by atoms with Gasteiger partial charge in [0.2, 0.25) is 0 Å². The largest absolute Gasteiger partial charge is 0.453 e. The van der Waals surface area contributed by atoms with E-state index in [-0.39, 0.29) is 5.75 Å². The van der Waals surface area contributed by atoms with Crippen molar-refractivity contribution >= 4 is 10.9 Å². The molecule has 0 bridgehead atoms. The zero-order valence-corrected chi connectivity index (χ0v) is 11.4. The number of nitrogens with two attached hydrogens (primary N) is 1. The first-order chi connectivity index (χ1) is 10.3. The number of hydrogen-bond donors (Lipinski definition) is 1. The average Bonchev–Trinajstić information content (AvgIpc) is 2.50. The van der Waals surface area contributed by atoms with Crippen LogP contribution < -0.4 is 10.5 Å². The summed E-state index contributed by atoms with van der Waals surface area (Å²) < 4.78 is 19.6. The van der Waals surface area contributed by atoms with Crippen molar-refractivity contribution in [2.24, 2.45) is 5.73 Å². The summed E-state index contributed by atoms with van der Waals surface area (Å²) in [5.41, 5.74) is 7.20. The Hall–Kier alpha value is -2.46. The third-order valence-electron chi connectivity index (χ3n) is 3.22. The molecule has 0 amide bonds. The summed E-state index contributed by atoms with van der Waals surface area (Å²) in [7, 11) is 0. The molecule has 1 aromatic heterocycles. The maximum absolute atomic E-state index is 14.0. The van der Waals surface area contributed by atoms with E-state index in [1.54, 1.807) is 12.3 Å². The lowest BCUT2D eigenvalue weighted by Crippen LogP contribution is -2.03. The van der Waals surface area contributed by atoms with Gasteiger partial charge in [-0.15, -0.1) is 0 Å². The Labute approximate surface area is 122 Å². The maximum Gasteiger partial charge on any atom is 0.165 e. The average molecular weight is 282 g/mol. The Morgan fingerprint density at radius 1 is 1.10 bits per heavy atom. The highest BCUT2D eigenvalue weighted by atomic mass is 19.1. The molecule has 0 aliphatic carbocycles. The quantitative estimate of drug-likeness (QED) is 0.794. The second-order valence-electron chi connectivity index (χ2n) is 4.77. The standard InChI is InChI=1S/C17H15FN2O/c18-15-9-12(7-8-19)5-6-17(15)21-14-10-13-3-1-2-4-16(13)20-11-14/h1-6,9-11H,7-8,19H2. The number of aromatic nitrogens is 1. The first-order valence-electron chi connectivity index (χ1n) is 6.77. The number of para-hydroxylation sites is 1. The third-order valence-corrected chi connectivity index (χ3v) is 3.22. The molecule has 2 N–H and O–H groups in total. The minimum atomic E-state index is -0.394. The molecule has 0 fully saturated rings. The number of hydrogen-bond acceptors (Lipinski definition) is 3. The number of nitrogens with zero attached hydrogens (tertiary/aromatic N) is 1. The number of fused-ring (bicyclic) bond motifs is 1. The molecule has 0 aliphatic rings. The second-order valence-corrected chi connectivity index (χ2v) is 4.77. The molecular weight excluding hydrogens is 267 g/mol. The first-order valence-corrected chi connectivity index (χ1v) is 6.77. The topological polar surface area (TPSA) is 48.1 Å². The fourth-order valence-electron chi connectivity index (χ4n) is 2.18. The highest BCUT2D eigenvalue weighted by molar-refractivity contribution is 5.79. The molecule has 3 nitrogen and oxygen atoms in total. The highest BCUT2D eigenvalue weighted by Crippen LogP contribution is 2.26. The van der Waals surface area contributed by atoms with Gasteiger partial charge in [-0.2, -0.15) is 0 Å². The Bertz CT molecular complexity index is 774. The molecule has 0 aliphatic heterocycles. The van der Waals surface area contributed by atoms with Crippen LogP contribution in [0.1, 0.15) is 5.56 Å². The van der Waals surface area contributed by atoms with Crippen LogP contribution in [-0.2, 0) is 6.42 Å². The van der Waals surface area contributed by atoms with Crippen molar-refractivity contribution in [1.82, 2.24) is 4.98 Å². The second kappa shape index (κ2) is 5.89. The van der Waals surface area contributed by atoms with E-state index in [0.717, 1.165) is 16.5 Å². The monoisotopic (exact) mass is 282 g/mol. The normalized spacial score (nSPS) is 10.8. The Morgan fingerprint density at radius 2 is 1.95 bits per heavy atom. The van der Waals surface area contributed by atoms with Gasteiger partial charge in [0, 0.05) is 5.39 Å². The van der Waals surface area contributed by atoms with Gasteiger partial charge >= 0.3 is 0 Å². The Morgan fingerprint density at radius 3 is 2.76 bits per heavy atom. The number of rotatable bonds is 4. The third kappa shape index (κ3) is 3.01. The predicted molar refractivity (Wildman–Crippen MR) is 81.0 cm³/mol. The van der Waals surface area contributed by atoms with Crippen LogP contribution in [0.3, 0.4) is 0 Å². The molecule has 0 atom stereocenters. The molecule has 106 valence electrons. The Balaban J connectivity index is 1.87. The van der Waals surface area contributed by atoms with Crippen LogP contribution in [0.2, 0.25) is 0 Å². The fourth-order valence-corrected chi connectivity index (χ4v) is 2.18. The van der Waals surface area contributed by atoms with Crippen molar-refractivity contribution in [2.45, 2.75) is 6.42 Å². The molecule has 3 rings (SSSR count). The summed E-state index contributed by atoms with van der Waals surface area (Å²) in [4.78, 5) is 4.29. The smallest absolute Gasteiger partial charge is 0.165 e. The lowest BCUT2D eigenvalue weighted by molar-refractivity contribution is 0.441. The molecule has 21 heavy (non-hydrogen) atoms. The van der Waals surface area contributed by atoms with E-state index >= 15 is 0 Å². The summed E-state index contributed by atoms with van der Waals surface area (Å²) in [6.07, 6.45) is 2.24. The van der Waals surface area contributed by atoms with E-state index in [4.69, 9.17) is 10.5 Å². The van der Waals surface area contributed by atoms with Gasteiger partial charge in [0.25, 0.3) is 0 Å². The van der Waals surface area contributed by atoms with E-state index in [2.05, 4.69) is 4.98 Å². The van der Waals surface area contributed by atoms with Crippen molar-refractivity contribution < 1.29 is 9.13 Å². The molecule has 0 unspecified atom stereocenters. The van der Waals surface area contributed by atoms with E-state index < -0.39 is 5.82 Å². The van der Waals surface area contributed by atoms with Crippen molar-refractivity contribution in [2.75, 3.05) is 6.54 Å². The predicted octanol–water partition coefficient (Wildman–Crippen LogP) is 3.67. The minimum Gasteiger partial charge on any atom is -0.453 e. The molecule has 0 radical (unpaired) electrons. The molecule has 0 saturated carbocycles. The number of halogens is 1. The van der Waals surface area contributed by atoms with Gasteiger partial charge in [0.15, 0.2) is 11.6 Å². The zero-order chi connectivity index (χ0) is 14.7. The first kappa shape index (κ1) is 13.5. The molecule has 0 spiro atoms. The van der Waals surface area contributed by atoms with Crippen LogP contribution in [0.15, 0.2) is 54.7 Å². The minimum absolute atomic E-state index is 0.188. The van der Waals surface area contributed by atoms with Gasteiger partial charge in [0.1, 0.15) is 5.75 Å². The van der Waals surface area contributed by atoms with Gasteiger partial charge in [-0.05, 0) is 42.8 Å². The highest BCUT2D eigenvalue weighted by Gasteiger charge is 2.07. The van der Waals surface area contributed by atoms with Crippen LogP contribution >= 0.6 is 0 Å². The molecule has 4 heteroatoms. The van der Waals surface area contributed by atoms with Gasteiger partial charge < -0.3 is 10.5 Å². The fraction of sp³-hybridized carbons (Fsp3) is 0.118. The molecule has 2 aromatic carbocycles. The number of benzene rings is 2. The van der Waals surface area contributed by atoms with E-state index in [9.17, 15) is 4.39 Å². The van der Waals surface area contributed by atoms with Gasteiger partial charge in [-0.25, -0.2) is 4.39 Å². The van der Waals surface area contributed by atoms with Crippen molar-refractivity contribution in [3.63, 3.8) is 0 Å². The lowest BCUT2D eigenvalue weighted by atomic mass is 10.1. The summed E-state index contributed by atoms with van der Waals surface area (Å²) in [6.45, 7) is 0.494. The summed E-state index contributed by atoms with van der Waals surface area (Å²) >= 11 is 0. The Kier molecular flexibility index (Phi) is 3.79. The molecule has 1 heterocycles. The van der Waals surface area contributed by atoms with Crippen LogP contribution in [0.25, 0.3) is 10.9 Å². The van der Waals surface area contributed by atoms with Gasteiger partial charge in [0.05, 0.1) is 11.7 Å². The van der Waals surface area contributed by atoms with E-state index in [1.165, 1.54) is 6.07 Å². The van der Waals surface area contributed by atoms with Crippen LogP contribution in [0.5, 0.6) is 11.5 Å².